The van der Waals surface area contributed by atoms with Gasteiger partial charge in [0.25, 0.3) is 11.6 Å². The molecule has 2 aromatic rings. The predicted octanol–water partition coefficient (Wildman–Crippen LogP) is 3.51. The van der Waals surface area contributed by atoms with Gasteiger partial charge in [0.05, 0.1) is 33.2 Å². The number of nitro groups is 1. The molecule has 0 aromatic heterocycles. The zero-order valence-corrected chi connectivity index (χ0v) is 15.6. The zero-order chi connectivity index (χ0) is 20.6. The summed E-state index contributed by atoms with van der Waals surface area (Å²) in [4.78, 5) is 36.1. The van der Waals surface area contributed by atoms with Crippen LogP contribution in [0.2, 0.25) is 0 Å². The van der Waals surface area contributed by atoms with E-state index in [1.807, 2.05) is 6.07 Å². The number of amides is 2. The number of hydrogen-bond acceptors (Lipinski definition) is 5. The van der Waals surface area contributed by atoms with Crippen molar-refractivity contribution in [1.82, 2.24) is 0 Å². The maximum Gasteiger partial charge on any atom is 0.297 e. The molecule has 1 aliphatic rings. The first kappa shape index (κ1) is 19.0. The Morgan fingerprint density at radius 3 is 2.50 bits per heavy atom. The van der Waals surface area contributed by atoms with Crippen LogP contribution in [0, 0.1) is 21.4 Å². The quantitative estimate of drug-likeness (QED) is 0.622. The van der Waals surface area contributed by atoms with Crippen LogP contribution in [0.1, 0.15) is 47.8 Å². The van der Waals surface area contributed by atoms with Crippen molar-refractivity contribution in [3.8, 4) is 6.07 Å². The minimum absolute atomic E-state index is 0.0412. The monoisotopic (exact) mass is 378 g/mol. The molecule has 28 heavy (non-hydrogen) atoms. The van der Waals surface area contributed by atoms with Crippen LogP contribution < -0.4 is 10.6 Å². The van der Waals surface area contributed by atoms with E-state index in [2.05, 4.69) is 10.6 Å². The highest BCUT2D eigenvalue weighted by Gasteiger charge is 2.42. The summed E-state index contributed by atoms with van der Waals surface area (Å²) in [7, 11) is 0. The summed E-state index contributed by atoms with van der Waals surface area (Å²) in [6.45, 7) is 5.21. The number of nitriles is 1. The molecule has 0 unspecified atom stereocenters. The molecule has 2 aromatic carbocycles. The van der Waals surface area contributed by atoms with Crippen LogP contribution in [0.3, 0.4) is 0 Å². The van der Waals surface area contributed by atoms with Crippen molar-refractivity contribution in [2.45, 2.75) is 32.6 Å². The first-order valence-corrected chi connectivity index (χ1v) is 8.68. The van der Waals surface area contributed by atoms with Gasteiger partial charge in [-0.2, -0.15) is 5.26 Å². The Labute approximate surface area is 161 Å². The van der Waals surface area contributed by atoms with E-state index in [1.54, 1.807) is 20.8 Å². The Morgan fingerprint density at radius 2 is 1.96 bits per heavy atom. The van der Waals surface area contributed by atoms with Crippen molar-refractivity contribution in [3.63, 3.8) is 0 Å². The van der Waals surface area contributed by atoms with E-state index in [9.17, 15) is 19.7 Å². The number of nitrogens with zero attached hydrogens (tertiary/aromatic N) is 2. The number of rotatable bonds is 4. The first-order chi connectivity index (χ1) is 13.2. The molecule has 8 heteroatoms. The maximum atomic E-state index is 12.6. The average molecular weight is 378 g/mol. The van der Waals surface area contributed by atoms with Crippen molar-refractivity contribution in [2.75, 3.05) is 10.6 Å². The lowest BCUT2D eigenvalue weighted by molar-refractivity contribution is -0.384. The molecule has 0 aliphatic carbocycles. The Hall–Kier alpha value is -3.73. The highest BCUT2D eigenvalue weighted by Crippen LogP contribution is 2.46. The van der Waals surface area contributed by atoms with E-state index in [0.29, 0.717) is 28.8 Å². The second kappa shape index (κ2) is 6.78. The number of nitro benzene ring substituents is 1. The SMILES string of the molecule is CCc1c2c(cc(NC(=O)c3ccc(C#N)cc3)c1[N+](=O)[O-])C(C)(C)C(=O)N2. The summed E-state index contributed by atoms with van der Waals surface area (Å²) in [5.41, 5.74) is 1.02. The fourth-order valence-corrected chi connectivity index (χ4v) is 3.29. The summed E-state index contributed by atoms with van der Waals surface area (Å²) in [5, 5.41) is 26.0. The van der Waals surface area contributed by atoms with Gasteiger partial charge in [0.2, 0.25) is 5.91 Å². The molecule has 0 saturated carbocycles. The second-order valence-corrected chi connectivity index (χ2v) is 7.01. The van der Waals surface area contributed by atoms with Crippen LogP contribution >= 0.6 is 0 Å². The molecule has 0 saturated heterocycles. The lowest BCUT2D eigenvalue weighted by Crippen LogP contribution is -2.27. The summed E-state index contributed by atoms with van der Waals surface area (Å²) >= 11 is 0. The number of anilines is 2. The average Bonchev–Trinajstić information content (AvgIpc) is 2.89. The molecule has 0 fully saturated rings. The second-order valence-electron chi connectivity index (χ2n) is 7.01. The standard InChI is InChI=1S/C20H18N4O4/c1-4-13-16-14(20(2,3)19(26)23-16)9-15(17(13)24(27)28)22-18(25)12-7-5-11(10-21)6-8-12/h5-9H,4H2,1-3H3,(H,22,25)(H,23,26). The molecule has 2 amide bonds. The fourth-order valence-electron chi connectivity index (χ4n) is 3.29. The molecule has 2 N–H and O–H groups in total. The zero-order valence-electron chi connectivity index (χ0n) is 15.6. The van der Waals surface area contributed by atoms with Crippen molar-refractivity contribution in [3.05, 3.63) is 62.7 Å². The molecule has 0 atom stereocenters. The van der Waals surface area contributed by atoms with E-state index in [-0.39, 0.29) is 22.8 Å². The highest BCUT2D eigenvalue weighted by atomic mass is 16.6. The molecule has 1 heterocycles. The van der Waals surface area contributed by atoms with Gasteiger partial charge >= 0.3 is 0 Å². The van der Waals surface area contributed by atoms with Crippen LogP contribution in [-0.2, 0) is 16.6 Å². The normalized spacial score (nSPS) is 14.0. The molecular weight excluding hydrogens is 360 g/mol. The van der Waals surface area contributed by atoms with Crippen molar-refractivity contribution < 1.29 is 14.5 Å². The number of hydrogen-bond donors (Lipinski definition) is 2. The van der Waals surface area contributed by atoms with Gasteiger partial charge in [0.1, 0.15) is 5.69 Å². The molecule has 0 bridgehead atoms. The van der Waals surface area contributed by atoms with Crippen LogP contribution in [0.4, 0.5) is 17.1 Å². The van der Waals surface area contributed by atoms with Gasteiger partial charge in [-0.25, -0.2) is 0 Å². The molecule has 1 aliphatic heterocycles. The van der Waals surface area contributed by atoms with E-state index in [1.165, 1.54) is 30.3 Å². The van der Waals surface area contributed by atoms with E-state index in [0.717, 1.165) is 0 Å². The summed E-state index contributed by atoms with van der Waals surface area (Å²) in [6, 6.07) is 9.40. The van der Waals surface area contributed by atoms with E-state index in [4.69, 9.17) is 5.26 Å². The van der Waals surface area contributed by atoms with Crippen LogP contribution in [0.5, 0.6) is 0 Å². The lowest BCUT2D eigenvalue weighted by Gasteiger charge is -2.18. The van der Waals surface area contributed by atoms with Gasteiger partial charge in [-0.05, 0) is 56.2 Å². The molecular formula is C20H18N4O4. The number of benzene rings is 2. The summed E-state index contributed by atoms with van der Waals surface area (Å²) < 4.78 is 0. The summed E-state index contributed by atoms with van der Waals surface area (Å²) in [5.74, 6) is -0.785. The third-order valence-corrected chi connectivity index (χ3v) is 4.94. The van der Waals surface area contributed by atoms with E-state index >= 15 is 0 Å². The van der Waals surface area contributed by atoms with Crippen LogP contribution in [-0.4, -0.2) is 16.7 Å². The largest absolute Gasteiger partial charge is 0.325 e. The van der Waals surface area contributed by atoms with Gasteiger partial charge in [-0.1, -0.05) is 6.92 Å². The number of nitrogens with one attached hydrogen (secondary N) is 2. The van der Waals surface area contributed by atoms with Crippen molar-refractivity contribution >= 4 is 28.9 Å². The molecule has 3 rings (SSSR count). The Bertz CT molecular complexity index is 1050. The van der Waals surface area contributed by atoms with Crippen LogP contribution in [0.25, 0.3) is 0 Å². The predicted molar refractivity (Wildman–Crippen MR) is 103 cm³/mol. The lowest BCUT2D eigenvalue weighted by atomic mass is 9.84. The van der Waals surface area contributed by atoms with E-state index < -0.39 is 16.2 Å². The van der Waals surface area contributed by atoms with Crippen molar-refractivity contribution in [1.29, 1.82) is 5.26 Å². The molecule has 0 spiro atoms. The number of carbonyl (C=O) groups is 2. The van der Waals surface area contributed by atoms with Gasteiger partial charge < -0.3 is 10.6 Å². The fraction of sp³-hybridized carbons (Fsp3) is 0.250. The van der Waals surface area contributed by atoms with Gasteiger partial charge in [0.15, 0.2) is 0 Å². The minimum atomic E-state index is -0.873. The maximum absolute atomic E-state index is 12.6. The van der Waals surface area contributed by atoms with Gasteiger partial charge in [-0.15, -0.1) is 0 Å². The van der Waals surface area contributed by atoms with Gasteiger partial charge in [0, 0.05) is 5.56 Å². The molecule has 142 valence electrons. The highest BCUT2D eigenvalue weighted by molar-refractivity contribution is 6.10. The van der Waals surface area contributed by atoms with Gasteiger partial charge in [-0.3, -0.25) is 19.7 Å². The first-order valence-electron chi connectivity index (χ1n) is 8.68. The van der Waals surface area contributed by atoms with Crippen LogP contribution in [0.15, 0.2) is 30.3 Å². The Balaban J connectivity index is 2.11. The Kier molecular flexibility index (Phi) is 4.61. The molecule has 0 radical (unpaired) electrons. The third-order valence-electron chi connectivity index (χ3n) is 4.94. The Morgan fingerprint density at radius 1 is 1.32 bits per heavy atom. The third kappa shape index (κ3) is 2.97. The smallest absolute Gasteiger partial charge is 0.297 e. The molecule has 8 nitrogen and oxygen atoms in total. The summed E-state index contributed by atoms with van der Waals surface area (Å²) in [6.07, 6.45) is 0.315. The number of carbonyl (C=O) groups excluding carboxylic acids is 2. The topological polar surface area (TPSA) is 125 Å². The van der Waals surface area contributed by atoms with Crippen molar-refractivity contribution in [2.24, 2.45) is 0 Å². The number of fused-ring (bicyclic) bond motifs is 1. The minimum Gasteiger partial charge on any atom is -0.325 e.